The van der Waals surface area contributed by atoms with E-state index in [2.05, 4.69) is 53.2 Å². The second-order valence-electron chi connectivity index (χ2n) is 8.05. The zero-order chi connectivity index (χ0) is 20.1. The summed E-state index contributed by atoms with van der Waals surface area (Å²) in [7, 11) is 0. The summed E-state index contributed by atoms with van der Waals surface area (Å²) in [5.41, 5.74) is 2.71. The van der Waals surface area contributed by atoms with Crippen molar-refractivity contribution in [2.75, 3.05) is 6.54 Å². The van der Waals surface area contributed by atoms with Crippen LogP contribution in [0.3, 0.4) is 0 Å². The van der Waals surface area contributed by atoms with Crippen molar-refractivity contribution in [1.82, 2.24) is 9.88 Å². The Balaban J connectivity index is 1.62. The van der Waals surface area contributed by atoms with Crippen molar-refractivity contribution >= 4 is 5.91 Å². The Hall–Kier alpha value is -2.94. The highest BCUT2D eigenvalue weighted by Gasteiger charge is 2.43. The lowest BCUT2D eigenvalue weighted by Crippen LogP contribution is -2.48. The van der Waals surface area contributed by atoms with Crippen molar-refractivity contribution in [2.45, 2.75) is 44.1 Å². The average Bonchev–Trinajstić information content (AvgIpc) is 3.27. The van der Waals surface area contributed by atoms with Gasteiger partial charge in [-0.15, -0.1) is 0 Å². The third-order valence-electron chi connectivity index (χ3n) is 6.28. The first-order valence-corrected chi connectivity index (χ1v) is 10.5. The number of likely N-dealkylation sites (tertiary alicyclic amines) is 1. The smallest absolute Gasteiger partial charge is 0.237 e. The summed E-state index contributed by atoms with van der Waals surface area (Å²) in [6, 6.07) is 24.8. The van der Waals surface area contributed by atoms with E-state index in [9.17, 15) is 4.79 Å². The molecule has 1 aliphatic rings. The van der Waals surface area contributed by atoms with Crippen LogP contribution in [0.15, 0.2) is 85.2 Å². The summed E-state index contributed by atoms with van der Waals surface area (Å²) in [5.74, 6) is 0.215. The maximum Gasteiger partial charge on any atom is 0.237 e. The van der Waals surface area contributed by atoms with Gasteiger partial charge < -0.3 is 4.90 Å². The Bertz CT molecular complexity index is 885. The molecule has 0 aliphatic carbocycles. The Kier molecular flexibility index (Phi) is 5.75. The molecule has 4 rings (SSSR count). The monoisotopic (exact) mass is 384 g/mol. The number of amides is 1. The lowest BCUT2D eigenvalue weighted by atomic mass is 9.75. The molecule has 0 radical (unpaired) electrons. The van der Waals surface area contributed by atoms with Gasteiger partial charge in [-0.25, -0.2) is 0 Å². The van der Waals surface area contributed by atoms with Gasteiger partial charge >= 0.3 is 0 Å². The van der Waals surface area contributed by atoms with Gasteiger partial charge in [-0.1, -0.05) is 60.7 Å². The lowest BCUT2D eigenvalue weighted by Gasteiger charge is -2.36. The standard InChI is InChI=1S/C26H28N2O/c1-26(22-9-4-2-5-10-22,23-11-6-3-7-12-23)25(29)28-20-8-13-24(28)15-14-21-16-18-27-19-17-21/h2-7,9-12,16-19,24H,8,13-15,20H2,1H3/t24-/m0/s1. The molecule has 1 fully saturated rings. The number of aromatic nitrogens is 1. The second kappa shape index (κ2) is 8.60. The van der Waals surface area contributed by atoms with E-state index in [1.807, 2.05) is 48.8 Å². The summed E-state index contributed by atoms with van der Waals surface area (Å²) in [6.45, 7) is 2.92. The van der Waals surface area contributed by atoms with E-state index in [0.717, 1.165) is 43.4 Å². The topological polar surface area (TPSA) is 33.2 Å². The maximum absolute atomic E-state index is 14.0. The van der Waals surface area contributed by atoms with Crippen molar-refractivity contribution in [1.29, 1.82) is 0 Å². The summed E-state index contributed by atoms with van der Waals surface area (Å²) >= 11 is 0. The van der Waals surface area contributed by atoms with Gasteiger partial charge in [-0.3, -0.25) is 9.78 Å². The first-order chi connectivity index (χ1) is 14.2. The van der Waals surface area contributed by atoms with Crippen LogP contribution in [0.1, 0.15) is 42.9 Å². The van der Waals surface area contributed by atoms with E-state index < -0.39 is 5.41 Å². The van der Waals surface area contributed by atoms with E-state index in [1.165, 1.54) is 5.56 Å². The molecule has 0 bridgehead atoms. The number of rotatable bonds is 6. The van der Waals surface area contributed by atoms with Crippen LogP contribution in [-0.2, 0) is 16.6 Å². The van der Waals surface area contributed by atoms with Gasteiger partial charge in [-0.2, -0.15) is 0 Å². The largest absolute Gasteiger partial charge is 0.339 e. The molecule has 1 aromatic heterocycles. The minimum absolute atomic E-state index is 0.215. The van der Waals surface area contributed by atoms with Gasteiger partial charge in [0.2, 0.25) is 5.91 Å². The molecule has 1 amide bonds. The molecule has 0 spiro atoms. The van der Waals surface area contributed by atoms with E-state index in [4.69, 9.17) is 0 Å². The Morgan fingerprint density at radius 3 is 2.14 bits per heavy atom. The number of carbonyl (C=O) groups is 1. The Morgan fingerprint density at radius 2 is 1.55 bits per heavy atom. The lowest BCUT2D eigenvalue weighted by molar-refractivity contribution is -0.136. The highest BCUT2D eigenvalue weighted by molar-refractivity contribution is 5.92. The summed E-state index contributed by atoms with van der Waals surface area (Å²) in [4.78, 5) is 20.2. The molecule has 0 N–H and O–H groups in total. The molecule has 1 saturated heterocycles. The zero-order valence-corrected chi connectivity index (χ0v) is 17.0. The van der Waals surface area contributed by atoms with Gasteiger partial charge in [0.05, 0.1) is 5.41 Å². The minimum atomic E-state index is -0.679. The molecule has 3 nitrogen and oxygen atoms in total. The molecule has 0 saturated carbocycles. The first kappa shape index (κ1) is 19.4. The summed E-state index contributed by atoms with van der Waals surface area (Å²) < 4.78 is 0. The molecule has 1 atom stereocenters. The highest BCUT2D eigenvalue weighted by Crippen LogP contribution is 2.36. The van der Waals surface area contributed by atoms with E-state index in [-0.39, 0.29) is 5.91 Å². The normalized spacial score (nSPS) is 16.7. The van der Waals surface area contributed by atoms with Gasteiger partial charge in [0.1, 0.15) is 0 Å². The number of hydrogen-bond acceptors (Lipinski definition) is 2. The van der Waals surface area contributed by atoms with Gasteiger partial charge in [0, 0.05) is 25.0 Å². The quantitative estimate of drug-likeness (QED) is 0.598. The number of pyridine rings is 1. The SMILES string of the molecule is CC(C(=O)N1CCC[C@H]1CCc1ccncc1)(c1ccccc1)c1ccccc1. The highest BCUT2D eigenvalue weighted by atomic mass is 16.2. The number of carbonyl (C=O) groups excluding carboxylic acids is 1. The van der Waals surface area contributed by atoms with Crippen molar-refractivity contribution in [3.63, 3.8) is 0 Å². The molecule has 3 aromatic rings. The summed E-state index contributed by atoms with van der Waals surface area (Å²) in [5, 5.41) is 0. The second-order valence-corrected chi connectivity index (χ2v) is 8.05. The fraction of sp³-hybridized carbons (Fsp3) is 0.308. The number of nitrogens with zero attached hydrogens (tertiary/aromatic N) is 2. The van der Waals surface area contributed by atoms with Gasteiger partial charge in [0.15, 0.2) is 0 Å². The van der Waals surface area contributed by atoms with E-state index >= 15 is 0 Å². The van der Waals surface area contributed by atoms with Crippen LogP contribution in [0.4, 0.5) is 0 Å². The van der Waals surface area contributed by atoms with Crippen LogP contribution < -0.4 is 0 Å². The Labute approximate surface area is 173 Å². The number of hydrogen-bond donors (Lipinski definition) is 0. The third kappa shape index (κ3) is 3.95. The van der Waals surface area contributed by atoms with Gasteiger partial charge in [-0.05, 0) is 61.4 Å². The fourth-order valence-electron chi connectivity index (χ4n) is 4.53. The van der Waals surface area contributed by atoms with Crippen LogP contribution in [0.5, 0.6) is 0 Å². The first-order valence-electron chi connectivity index (χ1n) is 10.5. The van der Waals surface area contributed by atoms with Crippen LogP contribution in [0.2, 0.25) is 0 Å². The third-order valence-corrected chi connectivity index (χ3v) is 6.28. The molecule has 29 heavy (non-hydrogen) atoms. The van der Waals surface area contributed by atoms with Crippen molar-refractivity contribution in [3.8, 4) is 0 Å². The fourth-order valence-corrected chi connectivity index (χ4v) is 4.53. The molecule has 0 unspecified atom stereocenters. The van der Waals surface area contributed by atoms with Crippen molar-refractivity contribution in [3.05, 3.63) is 102 Å². The maximum atomic E-state index is 14.0. The molecular weight excluding hydrogens is 356 g/mol. The zero-order valence-electron chi connectivity index (χ0n) is 17.0. The minimum Gasteiger partial charge on any atom is -0.339 e. The number of aryl methyl sites for hydroxylation is 1. The van der Waals surface area contributed by atoms with E-state index in [1.54, 1.807) is 0 Å². The van der Waals surface area contributed by atoms with Crippen molar-refractivity contribution < 1.29 is 4.79 Å². The van der Waals surface area contributed by atoms with Crippen LogP contribution >= 0.6 is 0 Å². The molecule has 2 aromatic carbocycles. The predicted molar refractivity (Wildman–Crippen MR) is 117 cm³/mol. The molecule has 3 heteroatoms. The summed E-state index contributed by atoms with van der Waals surface area (Å²) in [6.07, 6.45) is 7.81. The molecular formula is C26H28N2O. The van der Waals surface area contributed by atoms with Crippen LogP contribution in [-0.4, -0.2) is 28.4 Å². The van der Waals surface area contributed by atoms with E-state index in [0.29, 0.717) is 6.04 Å². The van der Waals surface area contributed by atoms with Crippen molar-refractivity contribution in [2.24, 2.45) is 0 Å². The predicted octanol–water partition coefficient (Wildman–Crippen LogP) is 5.01. The van der Waals surface area contributed by atoms with Crippen LogP contribution in [0, 0.1) is 0 Å². The molecule has 148 valence electrons. The molecule has 1 aliphatic heterocycles. The van der Waals surface area contributed by atoms with Crippen LogP contribution in [0.25, 0.3) is 0 Å². The Morgan fingerprint density at radius 1 is 0.966 bits per heavy atom. The molecule has 2 heterocycles. The number of benzene rings is 2. The average molecular weight is 385 g/mol. The van der Waals surface area contributed by atoms with Gasteiger partial charge in [0.25, 0.3) is 0 Å².